The zero-order valence-corrected chi connectivity index (χ0v) is 19.4. The summed E-state index contributed by atoms with van der Waals surface area (Å²) in [7, 11) is 0. The van der Waals surface area contributed by atoms with Crippen molar-refractivity contribution in [1.29, 1.82) is 0 Å². The molecule has 4 rings (SSSR count). The lowest BCUT2D eigenvalue weighted by molar-refractivity contribution is 0.102. The number of carbonyl (C=O) groups excluding carboxylic acids is 1. The molecule has 2 aromatic carbocycles. The third-order valence-electron chi connectivity index (χ3n) is 5.40. The van der Waals surface area contributed by atoms with Crippen LogP contribution in [0.3, 0.4) is 0 Å². The van der Waals surface area contributed by atoms with Crippen LogP contribution in [0.4, 0.5) is 21.6 Å². The van der Waals surface area contributed by atoms with Crippen LogP contribution in [-0.4, -0.2) is 41.9 Å². The van der Waals surface area contributed by atoms with Crippen molar-refractivity contribution in [2.45, 2.75) is 26.8 Å². The van der Waals surface area contributed by atoms with E-state index in [0.717, 1.165) is 5.56 Å². The van der Waals surface area contributed by atoms with Crippen molar-refractivity contribution >= 4 is 23.1 Å². The predicted molar refractivity (Wildman–Crippen MR) is 129 cm³/mol. The first-order valence-electron chi connectivity index (χ1n) is 11.2. The van der Waals surface area contributed by atoms with E-state index >= 15 is 0 Å². The van der Waals surface area contributed by atoms with Crippen LogP contribution < -0.4 is 19.7 Å². The summed E-state index contributed by atoms with van der Waals surface area (Å²) < 4.78 is 25.8. The Labute approximate surface area is 198 Å². The first-order chi connectivity index (χ1) is 16.4. The number of benzene rings is 2. The number of para-hydroxylation sites is 1. The molecule has 1 aliphatic heterocycles. The average molecular weight is 466 g/mol. The highest BCUT2D eigenvalue weighted by atomic mass is 19.1. The lowest BCUT2D eigenvalue weighted by atomic mass is 10.1. The van der Waals surface area contributed by atoms with Gasteiger partial charge in [0.15, 0.2) is 17.3 Å². The summed E-state index contributed by atoms with van der Waals surface area (Å²) in [4.78, 5) is 19.5. The first-order valence-corrected chi connectivity index (χ1v) is 11.2. The van der Waals surface area contributed by atoms with E-state index < -0.39 is 11.7 Å². The summed E-state index contributed by atoms with van der Waals surface area (Å²) in [5.74, 6) is 0.445. The molecular weight excluding hydrogens is 437 g/mol. The molecule has 0 radical (unpaired) electrons. The summed E-state index contributed by atoms with van der Waals surface area (Å²) in [5.41, 5.74) is 2.24. The molecule has 178 valence electrons. The van der Waals surface area contributed by atoms with Crippen molar-refractivity contribution in [2.24, 2.45) is 5.92 Å². The number of aryl methyl sites for hydroxylation is 1. The molecule has 34 heavy (non-hydrogen) atoms. The maximum Gasteiger partial charge on any atom is 0.259 e. The van der Waals surface area contributed by atoms with E-state index in [4.69, 9.17) is 9.47 Å². The van der Waals surface area contributed by atoms with Gasteiger partial charge in [-0.1, -0.05) is 26.0 Å². The Morgan fingerprint density at radius 1 is 1.29 bits per heavy atom. The molecule has 0 saturated heterocycles. The molecule has 0 fully saturated rings. The minimum absolute atomic E-state index is 0.142. The monoisotopic (exact) mass is 465 g/mol. The highest BCUT2D eigenvalue weighted by Gasteiger charge is 2.32. The summed E-state index contributed by atoms with van der Waals surface area (Å²) in [5, 5.41) is 12.6. The Balaban J connectivity index is 1.60. The quantitative estimate of drug-likeness (QED) is 0.526. The number of aromatic nitrogens is 1. The molecule has 1 aliphatic rings. The maximum atomic E-state index is 14.4. The molecule has 0 spiro atoms. The van der Waals surface area contributed by atoms with Crippen molar-refractivity contribution in [3.8, 4) is 11.5 Å². The summed E-state index contributed by atoms with van der Waals surface area (Å²) in [6.45, 7) is 6.34. The molecule has 1 atom stereocenters. The van der Waals surface area contributed by atoms with Gasteiger partial charge in [-0.25, -0.2) is 9.37 Å². The zero-order chi connectivity index (χ0) is 24.2. The van der Waals surface area contributed by atoms with Gasteiger partial charge in [0.2, 0.25) is 0 Å². The number of aliphatic hydroxyl groups is 1. The van der Waals surface area contributed by atoms with E-state index in [2.05, 4.69) is 10.3 Å². The van der Waals surface area contributed by atoms with E-state index in [0.29, 0.717) is 35.1 Å². The second-order valence-corrected chi connectivity index (χ2v) is 8.67. The number of pyridine rings is 1. The number of nitrogens with zero attached hydrogens (tertiary/aromatic N) is 2. The molecular formula is C26H28FN3O4. The van der Waals surface area contributed by atoms with Crippen LogP contribution in [0.2, 0.25) is 0 Å². The normalized spacial score (nSPS) is 15.0. The summed E-state index contributed by atoms with van der Waals surface area (Å²) in [6.07, 6.45) is 1.75. The van der Waals surface area contributed by atoms with Crippen LogP contribution in [0.1, 0.15) is 29.8 Å². The highest BCUT2D eigenvalue weighted by molar-refractivity contribution is 6.07. The molecule has 3 aromatic rings. The van der Waals surface area contributed by atoms with Gasteiger partial charge in [0.25, 0.3) is 5.91 Å². The molecule has 2 N–H and O–H groups in total. The molecule has 1 amide bonds. The van der Waals surface area contributed by atoms with Crippen LogP contribution in [0.15, 0.2) is 54.7 Å². The van der Waals surface area contributed by atoms with E-state index in [1.54, 1.807) is 24.4 Å². The van der Waals surface area contributed by atoms with Gasteiger partial charge in [-0.15, -0.1) is 0 Å². The number of hydrogen-bond acceptors (Lipinski definition) is 6. The number of ether oxygens (including phenoxy) is 2. The van der Waals surface area contributed by atoms with Crippen LogP contribution in [-0.2, 0) is 0 Å². The number of anilines is 3. The van der Waals surface area contributed by atoms with Crippen molar-refractivity contribution in [3.63, 3.8) is 0 Å². The highest BCUT2D eigenvalue weighted by Crippen LogP contribution is 2.41. The topological polar surface area (TPSA) is 83.9 Å². The van der Waals surface area contributed by atoms with Gasteiger partial charge in [0, 0.05) is 18.0 Å². The van der Waals surface area contributed by atoms with Gasteiger partial charge in [0.1, 0.15) is 12.4 Å². The van der Waals surface area contributed by atoms with E-state index in [9.17, 15) is 14.3 Å². The Hall–Kier alpha value is -3.65. The third kappa shape index (κ3) is 4.97. The van der Waals surface area contributed by atoms with Gasteiger partial charge in [-0.05, 0) is 48.7 Å². The standard InChI is InChI=1S/C26H28FN3O4/c1-16(2)14-33-23-9-8-18(11-21(23)27)29-26(32)20-5-4-6-22-25(20)34-15-19(13-31)30(22)24-10-7-17(3)12-28-24/h4-12,16,19,31H,13-15H2,1-3H3,(H,29,32)/t19-/m0/s1. The third-order valence-corrected chi connectivity index (χ3v) is 5.40. The Morgan fingerprint density at radius 2 is 2.12 bits per heavy atom. The molecule has 7 nitrogen and oxygen atoms in total. The molecule has 0 unspecified atom stereocenters. The molecule has 1 aromatic heterocycles. The molecule has 0 aliphatic carbocycles. The second-order valence-electron chi connectivity index (χ2n) is 8.67. The molecule has 0 saturated carbocycles. The predicted octanol–water partition coefficient (Wildman–Crippen LogP) is 4.71. The lowest BCUT2D eigenvalue weighted by Crippen LogP contribution is -2.43. The van der Waals surface area contributed by atoms with E-state index in [1.165, 1.54) is 12.1 Å². The average Bonchev–Trinajstić information content (AvgIpc) is 2.82. The van der Waals surface area contributed by atoms with Gasteiger partial charge >= 0.3 is 0 Å². The fourth-order valence-electron chi connectivity index (χ4n) is 3.69. The Bertz CT molecular complexity index is 1170. The van der Waals surface area contributed by atoms with Gasteiger partial charge in [-0.2, -0.15) is 0 Å². The minimum Gasteiger partial charge on any atom is -0.490 e. The van der Waals surface area contributed by atoms with Gasteiger partial charge in [0.05, 0.1) is 30.5 Å². The van der Waals surface area contributed by atoms with Gasteiger partial charge in [-0.3, -0.25) is 4.79 Å². The number of halogens is 1. The molecule has 8 heteroatoms. The van der Waals surface area contributed by atoms with E-state index in [-0.39, 0.29) is 30.9 Å². The Morgan fingerprint density at radius 3 is 2.79 bits per heavy atom. The van der Waals surface area contributed by atoms with Crippen LogP contribution >= 0.6 is 0 Å². The maximum absolute atomic E-state index is 14.4. The second kappa shape index (κ2) is 10.1. The van der Waals surface area contributed by atoms with Gasteiger partial charge < -0.3 is 24.8 Å². The Kier molecular flexibility index (Phi) is 6.98. The summed E-state index contributed by atoms with van der Waals surface area (Å²) >= 11 is 0. The number of amides is 1. The van der Waals surface area contributed by atoms with Crippen molar-refractivity contribution in [1.82, 2.24) is 4.98 Å². The van der Waals surface area contributed by atoms with Crippen molar-refractivity contribution < 1.29 is 23.8 Å². The number of fused-ring (bicyclic) bond motifs is 1. The number of aliphatic hydroxyl groups excluding tert-OH is 1. The van der Waals surface area contributed by atoms with Crippen molar-refractivity contribution in [2.75, 3.05) is 30.0 Å². The fourth-order valence-corrected chi connectivity index (χ4v) is 3.69. The van der Waals surface area contributed by atoms with Crippen LogP contribution in [0, 0.1) is 18.7 Å². The smallest absolute Gasteiger partial charge is 0.259 e. The number of rotatable bonds is 7. The first kappa shape index (κ1) is 23.5. The lowest BCUT2D eigenvalue weighted by Gasteiger charge is -2.37. The van der Waals surface area contributed by atoms with E-state index in [1.807, 2.05) is 43.9 Å². The largest absolute Gasteiger partial charge is 0.490 e. The molecule has 2 heterocycles. The van der Waals surface area contributed by atoms with Crippen molar-refractivity contribution in [3.05, 3.63) is 71.7 Å². The number of hydrogen-bond donors (Lipinski definition) is 2. The molecule has 0 bridgehead atoms. The number of nitrogens with one attached hydrogen (secondary N) is 1. The zero-order valence-electron chi connectivity index (χ0n) is 19.4. The van der Waals surface area contributed by atoms with Crippen LogP contribution in [0.5, 0.6) is 11.5 Å². The number of carbonyl (C=O) groups is 1. The summed E-state index contributed by atoms with van der Waals surface area (Å²) in [6, 6.07) is 13.0. The van der Waals surface area contributed by atoms with Crippen LogP contribution in [0.25, 0.3) is 0 Å². The fraction of sp³-hybridized carbons (Fsp3) is 0.308. The minimum atomic E-state index is -0.549. The SMILES string of the molecule is Cc1ccc(N2c3cccc(C(=O)Nc4ccc(OCC(C)C)c(F)c4)c3OC[C@@H]2CO)nc1.